The summed E-state index contributed by atoms with van der Waals surface area (Å²) in [5.41, 5.74) is 0.923. The molecule has 2 rings (SSSR count). The quantitative estimate of drug-likeness (QED) is 0.816. The second-order valence-electron chi connectivity index (χ2n) is 3.95. The van der Waals surface area contributed by atoms with Crippen LogP contribution in [0, 0.1) is 11.3 Å². The molecular formula is C13H10ClN3O2S. The van der Waals surface area contributed by atoms with Gasteiger partial charge in [-0.3, -0.25) is 4.31 Å². The van der Waals surface area contributed by atoms with Crippen LogP contribution in [0.5, 0.6) is 0 Å². The van der Waals surface area contributed by atoms with Crippen LogP contribution in [0.25, 0.3) is 0 Å². The van der Waals surface area contributed by atoms with Crippen LogP contribution in [0.3, 0.4) is 0 Å². The summed E-state index contributed by atoms with van der Waals surface area (Å²) in [6, 6.07) is 11.0. The molecule has 0 aliphatic rings. The van der Waals surface area contributed by atoms with Gasteiger partial charge in [0.25, 0.3) is 10.0 Å². The minimum Gasteiger partial charge on any atom is -0.269 e. The van der Waals surface area contributed by atoms with Gasteiger partial charge in [0.05, 0.1) is 17.3 Å². The number of benzene rings is 1. The third-order valence-corrected chi connectivity index (χ3v) is 4.71. The Morgan fingerprint density at radius 2 is 1.85 bits per heavy atom. The molecule has 0 N–H and O–H groups in total. The summed E-state index contributed by atoms with van der Waals surface area (Å²) in [5, 5.41) is 8.96. The number of sulfonamides is 1. The molecule has 0 saturated heterocycles. The highest BCUT2D eigenvalue weighted by atomic mass is 35.5. The lowest BCUT2D eigenvalue weighted by Gasteiger charge is -2.19. The van der Waals surface area contributed by atoms with Crippen molar-refractivity contribution in [3.05, 3.63) is 53.3 Å². The van der Waals surface area contributed by atoms with E-state index in [0.717, 1.165) is 4.31 Å². The first kappa shape index (κ1) is 14.3. The summed E-state index contributed by atoms with van der Waals surface area (Å²) in [4.78, 5) is 3.82. The first-order valence-corrected chi connectivity index (χ1v) is 7.37. The predicted octanol–water partition coefficient (Wildman–Crippen LogP) is 2.43. The maximum Gasteiger partial charge on any atom is 0.265 e. The smallest absolute Gasteiger partial charge is 0.265 e. The van der Waals surface area contributed by atoms with Crippen LogP contribution in [0.4, 0.5) is 5.69 Å². The third-order valence-electron chi connectivity index (χ3n) is 2.72. The zero-order valence-electron chi connectivity index (χ0n) is 10.5. The minimum absolute atomic E-state index is 0.0498. The van der Waals surface area contributed by atoms with Crippen LogP contribution in [-0.2, 0) is 10.0 Å². The molecule has 102 valence electrons. The molecule has 2 aromatic rings. The second kappa shape index (κ2) is 5.49. The number of rotatable bonds is 3. The van der Waals surface area contributed by atoms with E-state index in [-0.39, 0.29) is 10.0 Å². The molecule has 5 nitrogen and oxygen atoms in total. The summed E-state index contributed by atoms with van der Waals surface area (Å²) in [6.07, 6.45) is 1.21. The number of anilines is 1. The highest BCUT2D eigenvalue weighted by molar-refractivity contribution is 7.92. The Labute approximate surface area is 122 Å². The standard InChI is InChI=1S/C13H10ClN3O2S/c1-17(11-4-2-10(8-15)3-5-11)20(18,19)12-6-7-13(14)16-9-12/h2-7,9H,1H3. The lowest BCUT2D eigenvalue weighted by molar-refractivity contribution is 0.594. The first-order valence-electron chi connectivity index (χ1n) is 5.56. The molecule has 1 heterocycles. The number of nitrogens with zero attached hydrogens (tertiary/aromatic N) is 3. The van der Waals surface area contributed by atoms with Crippen molar-refractivity contribution in [1.29, 1.82) is 5.26 Å². The average Bonchev–Trinajstić information content (AvgIpc) is 2.47. The Morgan fingerprint density at radius 3 is 2.35 bits per heavy atom. The van der Waals surface area contributed by atoms with Crippen molar-refractivity contribution in [3.63, 3.8) is 0 Å². The fourth-order valence-corrected chi connectivity index (χ4v) is 2.81. The van der Waals surface area contributed by atoms with Gasteiger partial charge in [0.2, 0.25) is 0 Å². The topological polar surface area (TPSA) is 74.1 Å². The summed E-state index contributed by atoms with van der Waals surface area (Å²) >= 11 is 5.64. The zero-order chi connectivity index (χ0) is 14.8. The Balaban J connectivity index is 2.38. The van der Waals surface area contributed by atoms with E-state index in [2.05, 4.69) is 4.98 Å². The van der Waals surface area contributed by atoms with E-state index in [1.54, 1.807) is 24.3 Å². The number of halogens is 1. The zero-order valence-corrected chi connectivity index (χ0v) is 12.1. The molecular weight excluding hydrogens is 298 g/mol. The first-order chi connectivity index (χ1) is 9.45. The Hall–Kier alpha value is -2.10. The minimum atomic E-state index is -3.70. The van der Waals surface area contributed by atoms with Gasteiger partial charge in [0.1, 0.15) is 10.0 Å². The Morgan fingerprint density at radius 1 is 1.20 bits per heavy atom. The van der Waals surface area contributed by atoms with E-state index in [9.17, 15) is 8.42 Å². The molecule has 0 bridgehead atoms. The summed E-state index contributed by atoms with van der Waals surface area (Å²) in [5.74, 6) is 0. The van der Waals surface area contributed by atoms with E-state index in [1.165, 1.54) is 25.4 Å². The molecule has 0 aliphatic heterocycles. The number of hydrogen-bond donors (Lipinski definition) is 0. The van der Waals surface area contributed by atoms with Crippen molar-refractivity contribution in [3.8, 4) is 6.07 Å². The number of aromatic nitrogens is 1. The molecule has 0 amide bonds. The second-order valence-corrected chi connectivity index (χ2v) is 6.30. The fourth-order valence-electron chi connectivity index (χ4n) is 1.56. The van der Waals surface area contributed by atoms with E-state index in [0.29, 0.717) is 11.3 Å². The highest BCUT2D eigenvalue weighted by Crippen LogP contribution is 2.22. The monoisotopic (exact) mass is 307 g/mol. The van der Waals surface area contributed by atoms with Crippen molar-refractivity contribution in [2.75, 3.05) is 11.4 Å². The lowest BCUT2D eigenvalue weighted by atomic mass is 10.2. The fraction of sp³-hybridized carbons (Fsp3) is 0.0769. The van der Waals surface area contributed by atoms with Crippen LogP contribution in [0.15, 0.2) is 47.5 Å². The average molecular weight is 308 g/mol. The van der Waals surface area contributed by atoms with Gasteiger partial charge in [-0.1, -0.05) is 11.6 Å². The molecule has 0 fully saturated rings. The Bertz CT molecular complexity index is 750. The molecule has 0 saturated carbocycles. The number of hydrogen-bond acceptors (Lipinski definition) is 4. The van der Waals surface area contributed by atoms with Crippen molar-refractivity contribution in [2.24, 2.45) is 0 Å². The summed E-state index contributed by atoms with van der Waals surface area (Å²) < 4.78 is 25.9. The van der Waals surface area contributed by atoms with E-state index in [1.807, 2.05) is 6.07 Å². The van der Waals surface area contributed by atoms with E-state index < -0.39 is 10.0 Å². The van der Waals surface area contributed by atoms with Gasteiger partial charge in [-0.15, -0.1) is 0 Å². The van der Waals surface area contributed by atoms with Gasteiger partial charge < -0.3 is 0 Å². The van der Waals surface area contributed by atoms with Gasteiger partial charge in [-0.05, 0) is 36.4 Å². The molecule has 1 aromatic carbocycles. The van der Waals surface area contributed by atoms with Gasteiger partial charge in [-0.2, -0.15) is 5.26 Å². The van der Waals surface area contributed by atoms with Gasteiger partial charge >= 0.3 is 0 Å². The maximum atomic E-state index is 12.4. The number of nitriles is 1. The van der Waals surface area contributed by atoms with Crippen molar-refractivity contribution >= 4 is 27.3 Å². The molecule has 0 unspecified atom stereocenters. The Kier molecular flexibility index (Phi) is 3.93. The van der Waals surface area contributed by atoms with Gasteiger partial charge in [0.15, 0.2) is 0 Å². The molecule has 1 aromatic heterocycles. The van der Waals surface area contributed by atoms with Gasteiger partial charge in [0, 0.05) is 13.2 Å². The van der Waals surface area contributed by atoms with Crippen LogP contribution >= 0.6 is 11.6 Å². The maximum absolute atomic E-state index is 12.4. The molecule has 0 spiro atoms. The largest absolute Gasteiger partial charge is 0.269 e. The van der Waals surface area contributed by atoms with E-state index >= 15 is 0 Å². The third kappa shape index (κ3) is 2.74. The molecule has 20 heavy (non-hydrogen) atoms. The predicted molar refractivity (Wildman–Crippen MR) is 76.0 cm³/mol. The van der Waals surface area contributed by atoms with Crippen LogP contribution in [-0.4, -0.2) is 20.4 Å². The highest BCUT2D eigenvalue weighted by Gasteiger charge is 2.21. The molecule has 0 atom stereocenters. The SMILES string of the molecule is CN(c1ccc(C#N)cc1)S(=O)(=O)c1ccc(Cl)nc1. The van der Waals surface area contributed by atoms with Crippen LogP contribution in [0.2, 0.25) is 5.15 Å². The van der Waals surface area contributed by atoms with Crippen molar-refractivity contribution in [2.45, 2.75) is 4.90 Å². The van der Waals surface area contributed by atoms with Crippen LogP contribution in [0.1, 0.15) is 5.56 Å². The van der Waals surface area contributed by atoms with Crippen molar-refractivity contribution in [1.82, 2.24) is 4.98 Å². The molecule has 0 radical (unpaired) electrons. The molecule has 7 heteroatoms. The van der Waals surface area contributed by atoms with E-state index in [4.69, 9.17) is 16.9 Å². The lowest BCUT2D eigenvalue weighted by Crippen LogP contribution is -2.26. The van der Waals surface area contributed by atoms with Gasteiger partial charge in [-0.25, -0.2) is 13.4 Å². The van der Waals surface area contributed by atoms with Crippen LogP contribution < -0.4 is 4.31 Å². The summed E-state index contributed by atoms with van der Waals surface area (Å²) in [7, 11) is -2.26. The molecule has 0 aliphatic carbocycles. The normalized spacial score (nSPS) is 10.8. The van der Waals surface area contributed by atoms with Crippen molar-refractivity contribution < 1.29 is 8.42 Å². The number of pyridine rings is 1. The summed E-state index contributed by atoms with van der Waals surface area (Å²) in [6.45, 7) is 0.